The van der Waals surface area contributed by atoms with Crippen molar-refractivity contribution in [3.05, 3.63) is 72.3 Å². The Hall–Kier alpha value is -3.08. The number of piperidine rings is 1. The summed E-state index contributed by atoms with van der Waals surface area (Å²) in [5.41, 5.74) is 3.05. The van der Waals surface area contributed by atoms with E-state index in [0.29, 0.717) is 0 Å². The SMILES string of the molecule is O=C(NC1CCN(c2cc(-c3ccccc3)[nH]n2)CC1)C1(c2ccccc2)CC1. The Morgan fingerprint density at radius 3 is 2.31 bits per heavy atom. The Labute approximate surface area is 171 Å². The summed E-state index contributed by atoms with van der Waals surface area (Å²) < 4.78 is 0. The number of nitrogens with zero attached hydrogens (tertiary/aromatic N) is 2. The fourth-order valence-electron chi connectivity index (χ4n) is 4.34. The third-order valence-electron chi connectivity index (χ3n) is 6.31. The molecule has 148 valence electrons. The summed E-state index contributed by atoms with van der Waals surface area (Å²) in [6.45, 7) is 1.81. The maximum Gasteiger partial charge on any atom is 0.230 e. The van der Waals surface area contributed by atoms with Crippen molar-refractivity contribution in [1.29, 1.82) is 0 Å². The quantitative estimate of drug-likeness (QED) is 0.699. The molecule has 0 spiro atoms. The highest BCUT2D eigenvalue weighted by molar-refractivity contribution is 5.91. The molecule has 0 unspecified atom stereocenters. The van der Waals surface area contributed by atoms with Gasteiger partial charge in [0.25, 0.3) is 0 Å². The van der Waals surface area contributed by atoms with Crippen LogP contribution in [-0.4, -0.2) is 35.2 Å². The van der Waals surface area contributed by atoms with Gasteiger partial charge in [0.15, 0.2) is 5.82 Å². The lowest BCUT2D eigenvalue weighted by Crippen LogP contribution is -2.47. The topological polar surface area (TPSA) is 61.0 Å². The lowest BCUT2D eigenvalue weighted by atomic mass is 9.94. The zero-order chi connectivity index (χ0) is 19.7. The van der Waals surface area contributed by atoms with Crippen LogP contribution in [0.5, 0.6) is 0 Å². The highest BCUT2D eigenvalue weighted by Crippen LogP contribution is 2.48. The predicted octanol–water partition coefficient (Wildman–Crippen LogP) is 3.89. The van der Waals surface area contributed by atoms with Gasteiger partial charge in [0, 0.05) is 25.2 Å². The van der Waals surface area contributed by atoms with Crippen molar-refractivity contribution in [1.82, 2.24) is 15.5 Å². The van der Waals surface area contributed by atoms with Gasteiger partial charge in [-0.25, -0.2) is 0 Å². The van der Waals surface area contributed by atoms with E-state index in [2.05, 4.69) is 50.7 Å². The Bertz CT molecular complexity index is 970. The maximum atomic E-state index is 13.0. The summed E-state index contributed by atoms with van der Waals surface area (Å²) in [5, 5.41) is 11.0. The number of aromatic amines is 1. The molecule has 5 nitrogen and oxygen atoms in total. The Balaban J connectivity index is 1.18. The highest BCUT2D eigenvalue weighted by atomic mass is 16.2. The largest absolute Gasteiger partial charge is 0.355 e. The summed E-state index contributed by atoms with van der Waals surface area (Å²) in [6, 6.07) is 22.8. The third kappa shape index (κ3) is 3.53. The number of nitrogens with one attached hydrogen (secondary N) is 2. The molecule has 29 heavy (non-hydrogen) atoms. The van der Waals surface area contributed by atoms with Crippen LogP contribution in [0, 0.1) is 0 Å². The number of aromatic nitrogens is 2. The zero-order valence-corrected chi connectivity index (χ0v) is 16.5. The first kappa shape index (κ1) is 18.0. The fourth-order valence-corrected chi connectivity index (χ4v) is 4.34. The third-order valence-corrected chi connectivity index (χ3v) is 6.31. The minimum atomic E-state index is -0.287. The monoisotopic (exact) mass is 386 g/mol. The Morgan fingerprint density at radius 1 is 1.00 bits per heavy atom. The zero-order valence-electron chi connectivity index (χ0n) is 16.5. The first-order chi connectivity index (χ1) is 14.2. The summed E-state index contributed by atoms with van der Waals surface area (Å²) in [7, 11) is 0. The van der Waals surface area contributed by atoms with Crippen LogP contribution in [0.25, 0.3) is 11.3 Å². The summed E-state index contributed by atoms with van der Waals surface area (Å²) in [4.78, 5) is 15.3. The molecule has 1 amide bonds. The van der Waals surface area contributed by atoms with Crippen LogP contribution >= 0.6 is 0 Å². The molecule has 1 saturated carbocycles. The van der Waals surface area contributed by atoms with E-state index in [-0.39, 0.29) is 17.4 Å². The van der Waals surface area contributed by atoms with Crippen molar-refractivity contribution in [2.75, 3.05) is 18.0 Å². The molecule has 2 fully saturated rings. The van der Waals surface area contributed by atoms with E-state index >= 15 is 0 Å². The van der Waals surface area contributed by atoms with E-state index in [0.717, 1.165) is 61.4 Å². The molecule has 2 aliphatic rings. The molecule has 0 bridgehead atoms. The van der Waals surface area contributed by atoms with Crippen molar-refractivity contribution in [3.8, 4) is 11.3 Å². The fraction of sp³-hybridized carbons (Fsp3) is 0.333. The van der Waals surface area contributed by atoms with Crippen molar-refractivity contribution < 1.29 is 4.79 Å². The van der Waals surface area contributed by atoms with Crippen molar-refractivity contribution in [2.24, 2.45) is 0 Å². The van der Waals surface area contributed by atoms with Gasteiger partial charge in [0.1, 0.15) is 0 Å². The van der Waals surface area contributed by atoms with Crippen molar-refractivity contribution in [2.45, 2.75) is 37.1 Å². The van der Waals surface area contributed by atoms with Gasteiger partial charge in [-0.15, -0.1) is 0 Å². The van der Waals surface area contributed by atoms with E-state index in [1.807, 2.05) is 36.4 Å². The molecule has 0 atom stereocenters. The first-order valence-corrected chi connectivity index (χ1v) is 10.5. The molecule has 5 rings (SSSR count). The number of H-pyrrole nitrogens is 1. The van der Waals surface area contributed by atoms with E-state index in [9.17, 15) is 4.79 Å². The summed E-state index contributed by atoms with van der Waals surface area (Å²) >= 11 is 0. The highest BCUT2D eigenvalue weighted by Gasteiger charge is 2.51. The molecule has 2 aromatic carbocycles. The maximum absolute atomic E-state index is 13.0. The molecule has 1 aliphatic heterocycles. The van der Waals surface area contributed by atoms with Crippen LogP contribution in [0.15, 0.2) is 66.7 Å². The van der Waals surface area contributed by atoms with Gasteiger partial charge in [0.05, 0.1) is 11.1 Å². The number of rotatable bonds is 5. The molecule has 0 radical (unpaired) electrons. The second kappa shape index (κ2) is 7.39. The van der Waals surface area contributed by atoms with E-state index < -0.39 is 0 Å². The van der Waals surface area contributed by atoms with Gasteiger partial charge < -0.3 is 10.2 Å². The molecule has 5 heteroatoms. The van der Waals surface area contributed by atoms with Crippen molar-refractivity contribution >= 4 is 11.7 Å². The predicted molar refractivity (Wildman–Crippen MR) is 115 cm³/mol. The molecule has 2 heterocycles. The number of benzene rings is 2. The average molecular weight is 386 g/mol. The lowest BCUT2D eigenvalue weighted by Gasteiger charge is -2.33. The van der Waals surface area contributed by atoms with E-state index in [1.165, 1.54) is 0 Å². The van der Waals surface area contributed by atoms with Crippen LogP contribution in [0.1, 0.15) is 31.2 Å². The number of carbonyl (C=O) groups is 1. The minimum absolute atomic E-state index is 0.202. The smallest absolute Gasteiger partial charge is 0.230 e. The molecule has 1 aliphatic carbocycles. The average Bonchev–Trinajstić information content (AvgIpc) is 3.46. The lowest BCUT2D eigenvalue weighted by molar-refractivity contribution is -0.124. The molecular formula is C24H26N4O. The second-order valence-corrected chi connectivity index (χ2v) is 8.19. The number of hydrogen-bond donors (Lipinski definition) is 2. The Kier molecular flexibility index (Phi) is 4.58. The summed E-state index contributed by atoms with van der Waals surface area (Å²) in [5.74, 6) is 1.19. The summed E-state index contributed by atoms with van der Waals surface area (Å²) in [6.07, 6.45) is 3.81. The molecule has 1 aromatic heterocycles. The van der Waals surface area contributed by atoms with Gasteiger partial charge in [-0.05, 0) is 36.8 Å². The van der Waals surface area contributed by atoms with Gasteiger partial charge in [-0.1, -0.05) is 60.7 Å². The molecular weight excluding hydrogens is 360 g/mol. The molecule has 1 saturated heterocycles. The number of amides is 1. The molecule has 3 aromatic rings. The first-order valence-electron chi connectivity index (χ1n) is 10.5. The number of hydrogen-bond acceptors (Lipinski definition) is 3. The normalized spacial score (nSPS) is 18.4. The van der Waals surface area contributed by atoms with Crippen LogP contribution < -0.4 is 10.2 Å². The van der Waals surface area contributed by atoms with Crippen LogP contribution in [0.3, 0.4) is 0 Å². The number of carbonyl (C=O) groups excluding carboxylic acids is 1. The second-order valence-electron chi connectivity index (χ2n) is 8.19. The molecule has 2 N–H and O–H groups in total. The minimum Gasteiger partial charge on any atom is -0.355 e. The van der Waals surface area contributed by atoms with Gasteiger partial charge in [0.2, 0.25) is 5.91 Å². The van der Waals surface area contributed by atoms with Crippen molar-refractivity contribution in [3.63, 3.8) is 0 Å². The van der Waals surface area contributed by atoms with Gasteiger partial charge in [-0.2, -0.15) is 5.10 Å². The Morgan fingerprint density at radius 2 is 1.66 bits per heavy atom. The van der Waals surface area contributed by atoms with Crippen LogP contribution in [0.2, 0.25) is 0 Å². The van der Waals surface area contributed by atoms with Crippen LogP contribution in [-0.2, 0) is 10.2 Å². The van der Waals surface area contributed by atoms with E-state index in [1.54, 1.807) is 0 Å². The number of anilines is 1. The van der Waals surface area contributed by atoms with Gasteiger partial charge in [-0.3, -0.25) is 9.89 Å². The standard InChI is InChI=1S/C24H26N4O/c29-23(24(13-14-24)19-9-5-2-6-10-19)25-20-11-15-28(16-12-20)22-17-21(26-27-22)18-7-3-1-4-8-18/h1-10,17,20H,11-16H2,(H,25,29)(H,26,27). The van der Waals surface area contributed by atoms with Crippen LogP contribution in [0.4, 0.5) is 5.82 Å². The van der Waals surface area contributed by atoms with Gasteiger partial charge >= 0.3 is 0 Å². The van der Waals surface area contributed by atoms with E-state index in [4.69, 9.17) is 0 Å².